The highest BCUT2D eigenvalue weighted by Gasteiger charge is 2.30. The van der Waals surface area contributed by atoms with Crippen LogP contribution in [0.2, 0.25) is 5.02 Å². The molecular weight excluding hydrogens is 236 g/mol. The third-order valence-corrected chi connectivity index (χ3v) is 3.44. The fraction of sp³-hybridized carbons (Fsp3) is 0.462. The molecule has 0 radical (unpaired) electrons. The van der Waals surface area contributed by atoms with Gasteiger partial charge in [0.2, 0.25) is 5.91 Å². The molecule has 1 aliphatic rings. The molecule has 1 aromatic rings. The Kier molecular flexibility index (Phi) is 3.69. The third-order valence-electron chi connectivity index (χ3n) is 3.09. The van der Waals surface area contributed by atoms with E-state index in [1.54, 1.807) is 0 Å². The van der Waals surface area contributed by atoms with E-state index >= 15 is 0 Å². The summed E-state index contributed by atoms with van der Waals surface area (Å²) in [6.45, 7) is 2.03. The van der Waals surface area contributed by atoms with Crippen LogP contribution in [0.25, 0.3) is 0 Å². The van der Waals surface area contributed by atoms with Crippen molar-refractivity contribution >= 4 is 17.5 Å². The predicted octanol–water partition coefficient (Wildman–Crippen LogP) is 2.39. The number of carbonyl (C=O) groups is 1. The molecule has 1 saturated carbocycles. The van der Waals surface area contributed by atoms with Gasteiger partial charge in [0.25, 0.3) is 0 Å². The Hall–Kier alpha value is -1.06. The first-order chi connectivity index (χ1) is 8.08. The zero-order valence-corrected chi connectivity index (χ0v) is 10.6. The summed E-state index contributed by atoms with van der Waals surface area (Å²) >= 11 is 6.16. The highest BCUT2D eigenvalue weighted by molar-refractivity contribution is 6.31. The van der Waals surface area contributed by atoms with Crippen LogP contribution in [-0.2, 0) is 11.3 Å². The highest BCUT2D eigenvalue weighted by Crippen LogP contribution is 2.41. The maximum atomic E-state index is 10.9. The van der Waals surface area contributed by atoms with Crippen molar-refractivity contribution in [1.29, 1.82) is 0 Å². The average molecular weight is 253 g/mol. The summed E-state index contributed by atoms with van der Waals surface area (Å²) in [5.41, 5.74) is 8.19. The van der Waals surface area contributed by atoms with Gasteiger partial charge in [0.1, 0.15) is 0 Å². The first-order valence-corrected chi connectivity index (χ1v) is 6.24. The molecule has 3 nitrogen and oxygen atoms in total. The molecule has 1 atom stereocenters. The first-order valence-electron chi connectivity index (χ1n) is 5.86. The lowest BCUT2D eigenvalue weighted by molar-refractivity contribution is -0.119. The second-order valence-corrected chi connectivity index (χ2v) is 5.04. The summed E-state index contributed by atoms with van der Waals surface area (Å²) in [5, 5.41) is 3.49. The van der Waals surface area contributed by atoms with Gasteiger partial charge in [0.15, 0.2) is 0 Å². The number of nitrogens with one attached hydrogen (secondary N) is 1. The van der Waals surface area contributed by atoms with Crippen LogP contribution < -0.4 is 11.1 Å². The number of carbonyl (C=O) groups excluding carboxylic acids is 1. The number of benzene rings is 1. The molecule has 4 heteroatoms. The van der Waals surface area contributed by atoms with Gasteiger partial charge in [-0.3, -0.25) is 4.79 Å². The van der Waals surface area contributed by atoms with Crippen LogP contribution in [-0.4, -0.2) is 5.91 Å². The molecule has 1 aromatic carbocycles. The van der Waals surface area contributed by atoms with Crippen molar-refractivity contribution in [3.05, 3.63) is 34.3 Å². The van der Waals surface area contributed by atoms with Crippen molar-refractivity contribution in [2.45, 2.75) is 32.4 Å². The molecule has 0 heterocycles. The molecule has 3 N–H and O–H groups in total. The zero-order chi connectivity index (χ0) is 12.4. The average Bonchev–Trinajstić information content (AvgIpc) is 3.10. The van der Waals surface area contributed by atoms with E-state index in [1.807, 2.05) is 18.2 Å². The largest absolute Gasteiger partial charge is 0.352 e. The van der Waals surface area contributed by atoms with Crippen LogP contribution in [0.3, 0.4) is 0 Å². The normalized spacial score (nSPS) is 16.6. The summed E-state index contributed by atoms with van der Waals surface area (Å²) in [7, 11) is 0. The molecule has 92 valence electrons. The molecule has 1 fully saturated rings. The van der Waals surface area contributed by atoms with Crippen LogP contribution in [0, 0.1) is 5.92 Å². The van der Waals surface area contributed by atoms with Crippen molar-refractivity contribution in [1.82, 2.24) is 5.32 Å². The number of halogens is 1. The summed E-state index contributed by atoms with van der Waals surface area (Å²) in [4.78, 5) is 10.9. The molecule has 0 spiro atoms. The van der Waals surface area contributed by atoms with Gasteiger partial charge in [-0.2, -0.15) is 0 Å². The van der Waals surface area contributed by atoms with Gasteiger partial charge >= 0.3 is 0 Å². The summed E-state index contributed by atoms with van der Waals surface area (Å²) < 4.78 is 0. The molecule has 0 aromatic heterocycles. The minimum Gasteiger partial charge on any atom is -0.352 e. The molecule has 0 aliphatic heterocycles. The van der Waals surface area contributed by atoms with Crippen molar-refractivity contribution in [2.75, 3.05) is 0 Å². The number of hydrogen-bond acceptors (Lipinski definition) is 2. The Morgan fingerprint density at radius 1 is 1.59 bits per heavy atom. The topological polar surface area (TPSA) is 55.1 Å². The van der Waals surface area contributed by atoms with Crippen molar-refractivity contribution in [2.24, 2.45) is 11.7 Å². The van der Waals surface area contributed by atoms with Crippen LogP contribution in [0.5, 0.6) is 0 Å². The fourth-order valence-electron chi connectivity index (χ4n) is 1.89. The Morgan fingerprint density at radius 3 is 2.88 bits per heavy atom. The molecule has 0 bridgehead atoms. The SMILES string of the molecule is CC(=O)NCc1ccc(Cl)c(C(N)C2CC2)c1. The maximum absolute atomic E-state index is 10.9. The van der Waals surface area contributed by atoms with Crippen LogP contribution >= 0.6 is 11.6 Å². The van der Waals surface area contributed by atoms with E-state index < -0.39 is 0 Å². The smallest absolute Gasteiger partial charge is 0.217 e. The number of nitrogens with two attached hydrogens (primary N) is 1. The summed E-state index contributed by atoms with van der Waals surface area (Å²) in [5.74, 6) is 0.538. The second kappa shape index (κ2) is 5.07. The van der Waals surface area contributed by atoms with Crippen molar-refractivity contribution in [3.63, 3.8) is 0 Å². The molecule has 1 amide bonds. The molecular formula is C13H17ClN2O. The van der Waals surface area contributed by atoms with Crippen molar-refractivity contribution in [3.8, 4) is 0 Å². The van der Waals surface area contributed by atoms with E-state index in [0.717, 1.165) is 16.1 Å². The number of rotatable bonds is 4. The Morgan fingerprint density at radius 2 is 2.29 bits per heavy atom. The van der Waals surface area contributed by atoms with E-state index in [9.17, 15) is 4.79 Å². The molecule has 1 aliphatic carbocycles. The maximum Gasteiger partial charge on any atom is 0.217 e. The lowest BCUT2D eigenvalue weighted by Crippen LogP contribution is -2.19. The van der Waals surface area contributed by atoms with E-state index in [-0.39, 0.29) is 11.9 Å². The number of hydrogen-bond donors (Lipinski definition) is 2. The Labute approximate surface area is 106 Å². The van der Waals surface area contributed by atoms with Gasteiger partial charge in [0, 0.05) is 24.5 Å². The van der Waals surface area contributed by atoms with Gasteiger partial charge in [-0.1, -0.05) is 23.7 Å². The van der Waals surface area contributed by atoms with Crippen molar-refractivity contribution < 1.29 is 4.79 Å². The molecule has 1 unspecified atom stereocenters. The van der Waals surface area contributed by atoms with E-state index in [1.165, 1.54) is 19.8 Å². The summed E-state index contributed by atoms with van der Waals surface area (Å²) in [6, 6.07) is 5.80. The quantitative estimate of drug-likeness (QED) is 0.865. The van der Waals surface area contributed by atoms with E-state index in [0.29, 0.717) is 12.5 Å². The monoisotopic (exact) mass is 252 g/mol. The Bertz CT molecular complexity index is 429. The van der Waals surface area contributed by atoms with Gasteiger partial charge < -0.3 is 11.1 Å². The lowest BCUT2D eigenvalue weighted by atomic mass is 10.0. The highest BCUT2D eigenvalue weighted by atomic mass is 35.5. The van der Waals surface area contributed by atoms with Gasteiger partial charge in [-0.15, -0.1) is 0 Å². The second-order valence-electron chi connectivity index (χ2n) is 4.63. The van der Waals surface area contributed by atoms with Gasteiger partial charge in [0.05, 0.1) is 0 Å². The van der Waals surface area contributed by atoms with E-state index in [2.05, 4.69) is 5.32 Å². The first kappa shape index (κ1) is 12.4. The molecule has 17 heavy (non-hydrogen) atoms. The van der Waals surface area contributed by atoms with E-state index in [4.69, 9.17) is 17.3 Å². The van der Waals surface area contributed by atoms with Crippen LogP contribution in [0.1, 0.15) is 36.9 Å². The lowest BCUT2D eigenvalue weighted by Gasteiger charge is -2.14. The Balaban J connectivity index is 2.13. The third kappa shape index (κ3) is 3.20. The van der Waals surface area contributed by atoms with Gasteiger partial charge in [-0.25, -0.2) is 0 Å². The molecule has 2 rings (SSSR count). The minimum absolute atomic E-state index is 0.0276. The molecule has 0 saturated heterocycles. The minimum atomic E-state index is -0.0343. The zero-order valence-electron chi connectivity index (χ0n) is 9.87. The predicted molar refractivity (Wildman–Crippen MR) is 68.6 cm³/mol. The fourth-order valence-corrected chi connectivity index (χ4v) is 2.14. The van der Waals surface area contributed by atoms with Crippen LogP contribution in [0.4, 0.5) is 0 Å². The van der Waals surface area contributed by atoms with Crippen LogP contribution in [0.15, 0.2) is 18.2 Å². The number of amides is 1. The standard InChI is InChI=1S/C13H17ClN2O/c1-8(17)16-7-9-2-5-12(14)11(6-9)13(15)10-3-4-10/h2,5-6,10,13H,3-4,7,15H2,1H3,(H,16,17). The summed E-state index contributed by atoms with van der Waals surface area (Å²) in [6.07, 6.45) is 2.38. The van der Waals surface area contributed by atoms with Gasteiger partial charge in [-0.05, 0) is 36.0 Å².